The largest absolute Gasteiger partial charge is 0.303 e. The summed E-state index contributed by atoms with van der Waals surface area (Å²) in [7, 11) is 0. The Balaban J connectivity index is 0. The fraction of sp³-hybridized carbons (Fsp3) is 0.933. The minimum atomic E-state index is 0.255. The molecule has 192 valence electrons. The van der Waals surface area contributed by atoms with Crippen LogP contribution in [0.5, 0.6) is 0 Å². The number of aldehydes is 1. The van der Waals surface area contributed by atoms with E-state index in [1.165, 1.54) is 44.9 Å². The van der Waals surface area contributed by atoms with Crippen LogP contribution >= 0.6 is 0 Å². The Morgan fingerprint density at radius 2 is 1.47 bits per heavy atom. The first-order chi connectivity index (χ1) is 15.3. The zero-order valence-corrected chi connectivity index (χ0v) is 23.6. The van der Waals surface area contributed by atoms with Gasteiger partial charge in [0.15, 0.2) is 0 Å². The third-order valence-electron chi connectivity index (χ3n) is 7.97. The molecule has 0 amide bonds. The Labute approximate surface area is 203 Å². The van der Waals surface area contributed by atoms with Crippen LogP contribution < -0.4 is 0 Å². The van der Waals surface area contributed by atoms with Crippen LogP contribution in [-0.2, 0) is 9.59 Å². The van der Waals surface area contributed by atoms with Gasteiger partial charge in [0, 0.05) is 18.8 Å². The van der Waals surface area contributed by atoms with Crippen molar-refractivity contribution in [2.24, 2.45) is 35.5 Å². The van der Waals surface area contributed by atoms with Crippen LogP contribution in [0.2, 0.25) is 0 Å². The maximum absolute atomic E-state index is 12.3. The first kappa shape index (κ1) is 33.5. The number of ketones is 1. The van der Waals surface area contributed by atoms with E-state index in [1.54, 1.807) is 0 Å². The molecule has 32 heavy (non-hydrogen) atoms. The predicted octanol–water partition coefficient (Wildman–Crippen LogP) is 9.69. The molecular formula is C30H60O2. The Morgan fingerprint density at radius 3 is 1.88 bits per heavy atom. The summed E-state index contributed by atoms with van der Waals surface area (Å²) in [4.78, 5) is 22.2. The van der Waals surface area contributed by atoms with Crippen LogP contribution in [0.3, 0.4) is 0 Å². The Hall–Kier alpha value is -0.660. The van der Waals surface area contributed by atoms with E-state index in [0.717, 1.165) is 62.6 Å². The van der Waals surface area contributed by atoms with Gasteiger partial charge in [-0.15, -0.1) is 0 Å². The van der Waals surface area contributed by atoms with Crippen molar-refractivity contribution >= 4 is 12.1 Å². The topological polar surface area (TPSA) is 34.1 Å². The molecule has 2 nitrogen and oxygen atoms in total. The fourth-order valence-corrected chi connectivity index (χ4v) is 4.94. The van der Waals surface area contributed by atoms with Crippen molar-refractivity contribution in [1.82, 2.24) is 0 Å². The first-order valence-electron chi connectivity index (χ1n) is 14.3. The van der Waals surface area contributed by atoms with E-state index in [1.807, 2.05) is 13.8 Å². The van der Waals surface area contributed by atoms with Crippen molar-refractivity contribution in [3.8, 4) is 0 Å². The molecule has 0 aromatic carbocycles. The molecule has 0 aromatic heterocycles. The van der Waals surface area contributed by atoms with Gasteiger partial charge in [-0.2, -0.15) is 0 Å². The summed E-state index contributed by atoms with van der Waals surface area (Å²) < 4.78 is 0. The number of hydrogen-bond acceptors (Lipinski definition) is 2. The van der Waals surface area contributed by atoms with Crippen LogP contribution in [0.4, 0.5) is 0 Å². The molecule has 0 N–H and O–H groups in total. The van der Waals surface area contributed by atoms with E-state index >= 15 is 0 Å². The second kappa shape index (κ2) is 22.1. The Morgan fingerprint density at radius 1 is 0.906 bits per heavy atom. The van der Waals surface area contributed by atoms with Crippen LogP contribution in [0.25, 0.3) is 0 Å². The summed E-state index contributed by atoms with van der Waals surface area (Å²) in [6.07, 6.45) is 16.7. The normalized spacial score (nSPS) is 20.8. The van der Waals surface area contributed by atoms with Crippen LogP contribution in [0.15, 0.2) is 0 Å². The van der Waals surface area contributed by atoms with Crippen molar-refractivity contribution < 1.29 is 9.59 Å². The van der Waals surface area contributed by atoms with Gasteiger partial charge in [-0.25, -0.2) is 0 Å². The molecule has 3 unspecified atom stereocenters. The smallest absolute Gasteiger partial charge is 0.135 e. The van der Waals surface area contributed by atoms with Crippen molar-refractivity contribution in [3.63, 3.8) is 0 Å². The molecular weight excluding hydrogens is 392 g/mol. The molecule has 0 bridgehead atoms. The fourth-order valence-electron chi connectivity index (χ4n) is 4.94. The van der Waals surface area contributed by atoms with Crippen molar-refractivity contribution in [1.29, 1.82) is 0 Å². The Bertz CT molecular complexity index is 419. The molecule has 0 saturated heterocycles. The summed E-state index contributed by atoms with van der Waals surface area (Å²) in [5.41, 5.74) is 0. The summed E-state index contributed by atoms with van der Waals surface area (Å²) in [6, 6.07) is 0. The molecule has 0 radical (unpaired) electrons. The quantitative estimate of drug-likeness (QED) is 0.246. The third kappa shape index (κ3) is 15.2. The number of carbonyl (C=O) groups excluding carboxylic acids is 2. The highest BCUT2D eigenvalue weighted by atomic mass is 16.1. The van der Waals surface area contributed by atoms with Crippen molar-refractivity contribution in [3.05, 3.63) is 0 Å². The minimum absolute atomic E-state index is 0.255. The van der Waals surface area contributed by atoms with Gasteiger partial charge in [-0.1, -0.05) is 107 Å². The summed E-state index contributed by atoms with van der Waals surface area (Å²) in [5, 5.41) is 0. The van der Waals surface area contributed by atoms with Crippen LogP contribution in [0, 0.1) is 35.5 Å². The van der Waals surface area contributed by atoms with Crippen molar-refractivity contribution in [2.75, 3.05) is 0 Å². The van der Waals surface area contributed by atoms with Crippen LogP contribution in [0.1, 0.15) is 146 Å². The highest BCUT2D eigenvalue weighted by Gasteiger charge is 2.26. The molecule has 1 aliphatic carbocycles. The maximum atomic E-state index is 12.3. The van der Waals surface area contributed by atoms with E-state index < -0.39 is 0 Å². The lowest BCUT2D eigenvalue weighted by molar-refractivity contribution is -0.124. The number of carbonyl (C=O) groups is 2. The standard InChI is InChI=1S/C21H40O.C7H14O.C2H6/c1-6-9-19(20-14-12-16(3)13-15-20)10-8-11-21(22)18(5)17(4)7-2;1-3-7(4-2)5-6-8;1-2/h16-20H,6-15H2,1-5H3;6-7H,3-5H2,1-2H3;1-2H3. The van der Waals surface area contributed by atoms with E-state index in [2.05, 4.69) is 48.5 Å². The Kier molecular flexibility index (Phi) is 23.2. The molecule has 1 fully saturated rings. The van der Waals surface area contributed by atoms with Gasteiger partial charge in [0.1, 0.15) is 12.1 Å². The van der Waals surface area contributed by atoms with Gasteiger partial charge < -0.3 is 4.79 Å². The second-order valence-electron chi connectivity index (χ2n) is 10.2. The maximum Gasteiger partial charge on any atom is 0.135 e. The summed E-state index contributed by atoms with van der Waals surface area (Å²) in [6.45, 7) is 19.5. The molecule has 2 heteroatoms. The van der Waals surface area contributed by atoms with E-state index in [9.17, 15) is 9.59 Å². The lowest BCUT2D eigenvalue weighted by atomic mass is 9.73. The first-order valence-corrected chi connectivity index (χ1v) is 14.3. The SMILES string of the molecule is CC.CCC(CC)CC=O.CCCC(CCCC(=O)C(C)C(C)CC)C1CCC(C)CC1. The number of rotatable bonds is 14. The zero-order chi connectivity index (χ0) is 24.9. The highest BCUT2D eigenvalue weighted by Crippen LogP contribution is 2.37. The van der Waals surface area contributed by atoms with E-state index in [-0.39, 0.29) is 5.92 Å². The lowest BCUT2D eigenvalue weighted by Crippen LogP contribution is -2.22. The van der Waals surface area contributed by atoms with Gasteiger partial charge in [0.05, 0.1) is 0 Å². The van der Waals surface area contributed by atoms with E-state index in [4.69, 9.17) is 0 Å². The van der Waals surface area contributed by atoms with Gasteiger partial charge >= 0.3 is 0 Å². The number of hydrogen-bond donors (Lipinski definition) is 0. The average Bonchev–Trinajstić information content (AvgIpc) is 2.83. The monoisotopic (exact) mass is 452 g/mol. The summed E-state index contributed by atoms with van der Waals surface area (Å²) in [5.74, 6) is 4.69. The third-order valence-corrected chi connectivity index (χ3v) is 7.97. The average molecular weight is 453 g/mol. The molecule has 0 spiro atoms. The number of Topliss-reactive ketones (excluding diaryl/α,β-unsaturated/α-hetero) is 1. The van der Waals surface area contributed by atoms with Gasteiger partial charge in [-0.05, 0) is 55.3 Å². The highest BCUT2D eigenvalue weighted by molar-refractivity contribution is 5.80. The van der Waals surface area contributed by atoms with Gasteiger partial charge in [0.2, 0.25) is 0 Å². The zero-order valence-electron chi connectivity index (χ0n) is 23.6. The molecule has 0 heterocycles. The summed E-state index contributed by atoms with van der Waals surface area (Å²) >= 11 is 0. The van der Waals surface area contributed by atoms with Gasteiger partial charge in [0.25, 0.3) is 0 Å². The van der Waals surface area contributed by atoms with Crippen molar-refractivity contribution in [2.45, 2.75) is 146 Å². The lowest BCUT2D eigenvalue weighted by Gasteiger charge is -2.33. The van der Waals surface area contributed by atoms with Gasteiger partial charge in [-0.3, -0.25) is 4.79 Å². The van der Waals surface area contributed by atoms with Crippen LogP contribution in [-0.4, -0.2) is 12.1 Å². The second-order valence-corrected chi connectivity index (χ2v) is 10.2. The molecule has 3 atom stereocenters. The molecule has 1 aliphatic rings. The minimum Gasteiger partial charge on any atom is -0.303 e. The van der Waals surface area contributed by atoms with E-state index in [0.29, 0.717) is 17.6 Å². The molecule has 0 aromatic rings. The molecule has 0 aliphatic heterocycles. The predicted molar refractivity (Wildman–Crippen MR) is 143 cm³/mol. The molecule has 1 rings (SSSR count). The molecule has 1 saturated carbocycles.